The highest BCUT2D eigenvalue weighted by atomic mass is 32.1. The van der Waals surface area contributed by atoms with E-state index in [9.17, 15) is 0 Å². The maximum Gasteiger partial charge on any atom is 0.137 e. The molecule has 4 nitrogen and oxygen atoms in total. The molecule has 0 aliphatic rings. The molecule has 0 spiro atoms. The SMILES string of the molecule is c1cc(-c2cccc3c2sc2c(-n4c5ccccc5c5cc6c(cc54)oc4ccccc46)cccc23)c2nccnc2c1. The summed E-state index contributed by atoms with van der Waals surface area (Å²) < 4.78 is 11.3. The summed E-state index contributed by atoms with van der Waals surface area (Å²) in [6.45, 7) is 0. The van der Waals surface area contributed by atoms with Crippen LogP contribution >= 0.6 is 11.3 Å². The predicted molar refractivity (Wildman–Crippen MR) is 179 cm³/mol. The normalized spacial score (nSPS) is 12.2. The molecule has 0 unspecified atom stereocenters. The molecule has 0 N–H and O–H groups in total. The molecule has 0 atom stereocenters. The van der Waals surface area contributed by atoms with Gasteiger partial charge in [0.2, 0.25) is 0 Å². The van der Waals surface area contributed by atoms with Gasteiger partial charge in [-0.15, -0.1) is 11.3 Å². The maximum absolute atomic E-state index is 6.36. The molecule has 0 saturated carbocycles. The lowest BCUT2D eigenvalue weighted by atomic mass is 10.0. The van der Waals surface area contributed by atoms with E-state index in [0.29, 0.717) is 0 Å². The molecule has 6 aromatic carbocycles. The van der Waals surface area contributed by atoms with Gasteiger partial charge in [-0.05, 0) is 30.3 Å². The minimum Gasteiger partial charge on any atom is -0.456 e. The van der Waals surface area contributed by atoms with Crippen molar-refractivity contribution < 1.29 is 4.42 Å². The lowest BCUT2D eigenvalue weighted by Crippen LogP contribution is -1.93. The Bertz CT molecular complexity index is 2740. The van der Waals surface area contributed by atoms with E-state index in [1.54, 1.807) is 12.4 Å². The quantitative estimate of drug-likeness (QED) is 0.209. The van der Waals surface area contributed by atoms with Crippen molar-refractivity contribution in [3.05, 3.63) is 128 Å². The highest BCUT2D eigenvalue weighted by Crippen LogP contribution is 2.45. The predicted octanol–water partition coefficient (Wildman–Crippen LogP) is 10.7. The molecule has 0 radical (unpaired) electrons. The van der Waals surface area contributed by atoms with Crippen molar-refractivity contribution in [3.8, 4) is 16.8 Å². The highest BCUT2D eigenvalue weighted by molar-refractivity contribution is 7.26. The summed E-state index contributed by atoms with van der Waals surface area (Å²) in [4.78, 5) is 9.28. The zero-order chi connectivity index (χ0) is 28.1. The standard InChI is InChI=1S/C38H21N3OS/c1-3-15-31-22(8-1)28-20-29-23-9-2-4-17-34(23)42-35(29)21-33(28)41(31)32-16-7-13-27-26-12-5-11-25(37(26)43-38(27)32)24-10-6-14-30-36(24)40-19-18-39-30/h1-21H. The number of aromatic nitrogens is 3. The van der Waals surface area contributed by atoms with E-state index < -0.39 is 0 Å². The van der Waals surface area contributed by atoms with E-state index in [1.165, 1.54) is 47.7 Å². The van der Waals surface area contributed by atoms with E-state index in [1.807, 2.05) is 29.5 Å². The van der Waals surface area contributed by atoms with Gasteiger partial charge in [-0.3, -0.25) is 9.97 Å². The van der Waals surface area contributed by atoms with Gasteiger partial charge in [-0.2, -0.15) is 0 Å². The number of hydrogen-bond donors (Lipinski definition) is 0. The number of thiophene rings is 1. The highest BCUT2D eigenvalue weighted by Gasteiger charge is 2.20. The number of furan rings is 1. The molecule has 43 heavy (non-hydrogen) atoms. The molecule has 4 aromatic heterocycles. The number of rotatable bonds is 2. The minimum absolute atomic E-state index is 0.903. The Morgan fingerprint density at radius 2 is 1.26 bits per heavy atom. The van der Waals surface area contributed by atoms with Crippen LogP contribution in [0.3, 0.4) is 0 Å². The molecule has 0 amide bonds. The molecule has 0 saturated heterocycles. The summed E-state index contributed by atoms with van der Waals surface area (Å²) >= 11 is 1.85. The molecular weight excluding hydrogens is 547 g/mol. The van der Waals surface area contributed by atoms with Crippen molar-refractivity contribution in [2.24, 2.45) is 0 Å². The molecule has 5 heteroatoms. The summed E-state index contributed by atoms with van der Waals surface area (Å²) in [5.41, 5.74) is 9.43. The van der Waals surface area contributed by atoms with Crippen molar-refractivity contribution >= 4 is 86.3 Å². The van der Waals surface area contributed by atoms with Gasteiger partial charge in [-0.1, -0.05) is 78.9 Å². The van der Waals surface area contributed by atoms with Gasteiger partial charge < -0.3 is 8.98 Å². The lowest BCUT2D eigenvalue weighted by molar-refractivity contribution is 0.669. The van der Waals surface area contributed by atoms with Crippen molar-refractivity contribution in [2.75, 3.05) is 0 Å². The van der Waals surface area contributed by atoms with Gasteiger partial charge in [-0.25, -0.2) is 0 Å². The van der Waals surface area contributed by atoms with E-state index in [4.69, 9.17) is 9.40 Å². The van der Waals surface area contributed by atoms with Gasteiger partial charge in [0.15, 0.2) is 0 Å². The van der Waals surface area contributed by atoms with E-state index in [-0.39, 0.29) is 0 Å². The zero-order valence-corrected chi connectivity index (χ0v) is 23.6. The van der Waals surface area contributed by atoms with Gasteiger partial charge in [0, 0.05) is 66.6 Å². The Labute approximate surface area is 249 Å². The molecule has 4 heterocycles. The van der Waals surface area contributed by atoms with Crippen molar-refractivity contribution in [3.63, 3.8) is 0 Å². The molecule has 10 aromatic rings. The van der Waals surface area contributed by atoms with Crippen LogP contribution in [0.4, 0.5) is 0 Å². The van der Waals surface area contributed by atoms with Crippen molar-refractivity contribution in [1.82, 2.24) is 14.5 Å². The average Bonchev–Trinajstić information content (AvgIpc) is 3.72. The Morgan fingerprint density at radius 3 is 2.21 bits per heavy atom. The van der Waals surface area contributed by atoms with Crippen LogP contribution in [0.2, 0.25) is 0 Å². The van der Waals surface area contributed by atoms with Crippen LogP contribution < -0.4 is 0 Å². The number of fused-ring (bicyclic) bond motifs is 10. The zero-order valence-electron chi connectivity index (χ0n) is 22.8. The van der Waals surface area contributed by atoms with Crippen molar-refractivity contribution in [2.45, 2.75) is 0 Å². The second-order valence-corrected chi connectivity index (χ2v) is 12.0. The first-order valence-corrected chi connectivity index (χ1v) is 15.1. The second kappa shape index (κ2) is 8.51. The van der Waals surface area contributed by atoms with Gasteiger partial charge >= 0.3 is 0 Å². The Morgan fingerprint density at radius 1 is 0.512 bits per heavy atom. The monoisotopic (exact) mass is 567 g/mol. The summed E-state index contributed by atoms with van der Waals surface area (Å²) in [5.74, 6) is 0. The van der Waals surface area contributed by atoms with Gasteiger partial charge in [0.25, 0.3) is 0 Å². The molecule has 10 rings (SSSR count). The first-order chi connectivity index (χ1) is 21.3. The largest absolute Gasteiger partial charge is 0.456 e. The summed E-state index contributed by atoms with van der Waals surface area (Å²) in [7, 11) is 0. The summed E-state index contributed by atoms with van der Waals surface area (Å²) in [6.07, 6.45) is 3.53. The van der Waals surface area contributed by atoms with Crippen LogP contribution in [0.1, 0.15) is 0 Å². The summed E-state index contributed by atoms with van der Waals surface area (Å²) in [5, 5.41) is 7.25. The molecule has 0 fully saturated rings. The third-order valence-corrected chi connectivity index (χ3v) is 9.98. The van der Waals surface area contributed by atoms with Gasteiger partial charge in [0.1, 0.15) is 11.2 Å². The number of para-hydroxylation sites is 3. The maximum atomic E-state index is 6.36. The van der Waals surface area contributed by atoms with Crippen LogP contribution in [0.15, 0.2) is 132 Å². The Balaban J connectivity index is 1.31. The average molecular weight is 568 g/mol. The van der Waals surface area contributed by atoms with E-state index in [0.717, 1.165) is 44.1 Å². The van der Waals surface area contributed by atoms with Gasteiger partial charge in [0.05, 0.1) is 32.5 Å². The van der Waals surface area contributed by atoms with E-state index in [2.05, 4.69) is 107 Å². The molecule has 200 valence electrons. The van der Waals surface area contributed by atoms with Crippen LogP contribution in [-0.2, 0) is 0 Å². The minimum atomic E-state index is 0.903. The fraction of sp³-hybridized carbons (Fsp3) is 0. The third kappa shape index (κ3) is 3.14. The molecular formula is C38H21N3OS. The first kappa shape index (κ1) is 23.1. The smallest absolute Gasteiger partial charge is 0.137 e. The van der Waals surface area contributed by atoms with Crippen LogP contribution in [0, 0.1) is 0 Å². The third-order valence-electron chi connectivity index (χ3n) is 8.70. The van der Waals surface area contributed by atoms with Crippen LogP contribution in [0.25, 0.3) is 91.8 Å². The second-order valence-electron chi connectivity index (χ2n) is 11.0. The van der Waals surface area contributed by atoms with Crippen LogP contribution in [-0.4, -0.2) is 14.5 Å². The summed E-state index contributed by atoms with van der Waals surface area (Å²) in [6, 6.07) is 41.0. The lowest BCUT2D eigenvalue weighted by Gasteiger charge is -2.09. The number of nitrogens with zero attached hydrogens (tertiary/aromatic N) is 3. The molecule has 0 aliphatic heterocycles. The van der Waals surface area contributed by atoms with Crippen LogP contribution in [0.5, 0.6) is 0 Å². The number of hydrogen-bond acceptors (Lipinski definition) is 4. The fourth-order valence-corrected chi connectivity index (χ4v) is 8.18. The molecule has 0 bridgehead atoms. The van der Waals surface area contributed by atoms with Crippen molar-refractivity contribution in [1.29, 1.82) is 0 Å². The number of benzene rings is 6. The molecule has 0 aliphatic carbocycles. The topological polar surface area (TPSA) is 43.9 Å². The Hall–Kier alpha value is -5.52. The van der Waals surface area contributed by atoms with E-state index >= 15 is 0 Å². The fourth-order valence-electron chi connectivity index (χ4n) is 6.85. The Kier molecular flexibility index (Phi) is 4.57. The first-order valence-electron chi connectivity index (χ1n) is 14.3.